The Kier molecular flexibility index (Phi) is 4.46. The number of hydrogen-bond acceptors (Lipinski definition) is 6. The van der Waals surface area contributed by atoms with Gasteiger partial charge in [0.1, 0.15) is 29.5 Å². The summed E-state index contributed by atoms with van der Waals surface area (Å²) in [5.41, 5.74) is -2.85. The van der Waals surface area contributed by atoms with E-state index in [1.54, 1.807) is 6.07 Å². The van der Waals surface area contributed by atoms with E-state index in [9.17, 15) is 26.7 Å². The van der Waals surface area contributed by atoms with Crippen molar-refractivity contribution in [2.45, 2.75) is 43.4 Å². The van der Waals surface area contributed by atoms with Crippen molar-refractivity contribution < 1.29 is 31.4 Å². The molecular formula is C23H17F5N4O3. The van der Waals surface area contributed by atoms with Gasteiger partial charge in [0, 0.05) is 31.2 Å². The van der Waals surface area contributed by atoms with E-state index in [2.05, 4.69) is 9.97 Å². The Labute approximate surface area is 194 Å². The molecule has 12 heteroatoms. The van der Waals surface area contributed by atoms with Crippen molar-refractivity contribution in [3.63, 3.8) is 0 Å². The van der Waals surface area contributed by atoms with Crippen LogP contribution in [-0.2, 0) is 19.3 Å². The molecule has 0 N–H and O–H groups in total. The lowest BCUT2D eigenvalue weighted by atomic mass is 9.71. The Bertz CT molecular complexity index is 1400. The predicted octanol–water partition coefficient (Wildman–Crippen LogP) is 4.24. The van der Waals surface area contributed by atoms with Crippen LogP contribution in [0.25, 0.3) is 0 Å². The summed E-state index contributed by atoms with van der Waals surface area (Å²) in [4.78, 5) is 21.5. The van der Waals surface area contributed by atoms with Gasteiger partial charge in [-0.3, -0.25) is 9.55 Å². The average Bonchev–Trinajstić information content (AvgIpc) is 3.34. The summed E-state index contributed by atoms with van der Waals surface area (Å²) in [5.74, 6) is -0.716. The SMILES string of the molecule is O=c1nc(OCc2ccc(Oc3ccnc(C(F)(F)F)c3)c(F)c2)cc2n1CC13CC(F)(CN21)C3. The molecule has 1 aromatic carbocycles. The van der Waals surface area contributed by atoms with Crippen molar-refractivity contribution in [3.05, 3.63) is 70.2 Å². The van der Waals surface area contributed by atoms with Gasteiger partial charge in [-0.05, 0) is 23.8 Å². The molecule has 3 aliphatic heterocycles. The van der Waals surface area contributed by atoms with E-state index in [0.717, 1.165) is 12.3 Å². The third-order valence-corrected chi connectivity index (χ3v) is 6.63. The van der Waals surface area contributed by atoms with Gasteiger partial charge >= 0.3 is 11.9 Å². The molecule has 0 unspecified atom stereocenters. The zero-order valence-electron chi connectivity index (χ0n) is 18.0. The summed E-state index contributed by atoms with van der Waals surface area (Å²) in [6.07, 6.45) is -2.95. The first-order valence-corrected chi connectivity index (χ1v) is 10.7. The molecule has 3 fully saturated rings. The van der Waals surface area contributed by atoms with Gasteiger partial charge in [0.25, 0.3) is 0 Å². The number of ether oxygens (including phenoxy) is 2. The molecule has 0 atom stereocenters. The Morgan fingerprint density at radius 3 is 2.63 bits per heavy atom. The zero-order chi connectivity index (χ0) is 24.6. The van der Waals surface area contributed by atoms with Crippen molar-refractivity contribution in [2.24, 2.45) is 0 Å². The standard InChI is InChI=1S/C23H17F5N4O3/c24-15-5-13(1-2-16(15)35-14-3-4-29-17(6-14)23(26,27)28)8-34-18-7-19-31(20(33)30-18)12-22-9-21(25,10-22)11-32(19)22/h1-7H,8-12H2. The Hall–Kier alpha value is -3.70. The number of nitrogens with zero attached hydrogens (tertiary/aromatic N) is 4. The van der Waals surface area contributed by atoms with Crippen LogP contribution in [0.4, 0.5) is 27.8 Å². The second-order valence-corrected chi connectivity index (χ2v) is 9.17. The van der Waals surface area contributed by atoms with E-state index in [4.69, 9.17) is 9.47 Å². The zero-order valence-corrected chi connectivity index (χ0v) is 18.0. The fraction of sp³-hybridized carbons (Fsp3) is 0.348. The molecule has 2 saturated heterocycles. The van der Waals surface area contributed by atoms with Crippen molar-refractivity contribution in [3.8, 4) is 17.4 Å². The summed E-state index contributed by atoms with van der Waals surface area (Å²) in [6.45, 7) is 0.498. The molecule has 1 saturated carbocycles. The summed E-state index contributed by atoms with van der Waals surface area (Å²) in [7, 11) is 0. The Morgan fingerprint density at radius 2 is 1.89 bits per heavy atom. The van der Waals surface area contributed by atoms with Crippen LogP contribution >= 0.6 is 0 Å². The lowest BCUT2D eigenvalue weighted by Crippen LogP contribution is -2.50. The molecule has 0 radical (unpaired) electrons. The van der Waals surface area contributed by atoms with Gasteiger partial charge in [0.15, 0.2) is 11.6 Å². The highest BCUT2D eigenvalue weighted by Crippen LogP contribution is 2.60. The van der Waals surface area contributed by atoms with Crippen molar-refractivity contribution in [2.75, 3.05) is 11.4 Å². The van der Waals surface area contributed by atoms with Crippen molar-refractivity contribution in [1.82, 2.24) is 14.5 Å². The van der Waals surface area contributed by atoms with Crippen LogP contribution in [0.3, 0.4) is 0 Å². The fourth-order valence-corrected chi connectivity index (χ4v) is 5.25. The van der Waals surface area contributed by atoms with Crippen LogP contribution in [-0.4, -0.2) is 32.3 Å². The molecule has 4 aliphatic rings. The van der Waals surface area contributed by atoms with Gasteiger partial charge < -0.3 is 14.4 Å². The van der Waals surface area contributed by atoms with Gasteiger partial charge in [0.2, 0.25) is 5.88 Å². The quantitative estimate of drug-likeness (QED) is 0.497. The molecule has 3 aromatic rings. The summed E-state index contributed by atoms with van der Waals surface area (Å²) in [5, 5.41) is 0. The number of fused-ring (bicyclic) bond motifs is 1. The van der Waals surface area contributed by atoms with E-state index in [0.29, 0.717) is 36.8 Å². The minimum Gasteiger partial charge on any atom is -0.473 e. The molecule has 2 bridgehead atoms. The van der Waals surface area contributed by atoms with Crippen LogP contribution in [0.15, 0.2) is 47.4 Å². The number of aromatic nitrogens is 3. The molecular weight excluding hydrogens is 475 g/mol. The maximum Gasteiger partial charge on any atom is 0.433 e. The van der Waals surface area contributed by atoms with Crippen LogP contribution < -0.4 is 20.1 Å². The minimum absolute atomic E-state index is 0.0347. The molecule has 1 aliphatic carbocycles. The van der Waals surface area contributed by atoms with Gasteiger partial charge in [-0.2, -0.15) is 18.2 Å². The first kappa shape index (κ1) is 21.8. The number of halogens is 5. The van der Waals surface area contributed by atoms with E-state index < -0.39 is 29.0 Å². The third kappa shape index (κ3) is 3.58. The monoisotopic (exact) mass is 492 g/mol. The minimum atomic E-state index is -4.66. The topological polar surface area (TPSA) is 69.5 Å². The summed E-state index contributed by atoms with van der Waals surface area (Å²) < 4.78 is 79.8. The molecule has 182 valence electrons. The number of benzene rings is 1. The maximum absolute atomic E-state index is 14.5. The lowest BCUT2D eigenvalue weighted by Gasteiger charge is -2.40. The number of anilines is 1. The highest BCUT2D eigenvalue weighted by molar-refractivity contribution is 5.56. The third-order valence-electron chi connectivity index (χ3n) is 6.63. The molecule has 5 heterocycles. The van der Waals surface area contributed by atoms with Crippen molar-refractivity contribution >= 4 is 5.82 Å². The van der Waals surface area contributed by atoms with Gasteiger partial charge in [-0.25, -0.2) is 13.6 Å². The second kappa shape index (κ2) is 7.15. The number of rotatable bonds is 5. The van der Waals surface area contributed by atoms with Crippen LogP contribution in [0, 0.1) is 5.82 Å². The largest absolute Gasteiger partial charge is 0.473 e. The van der Waals surface area contributed by atoms with E-state index in [1.165, 1.54) is 22.8 Å². The van der Waals surface area contributed by atoms with Crippen LogP contribution in [0.5, 0.6) is 17.4 Å². The average molecular weight is 492 g/mol. The number of pyridine rings is 1. The summed E-state index contributed by atoms with van der Waals surface area (Å²) >= 11 is 0. The molecule has 1 spiro atoms. The fourth-order valence-electron chi connectivity index (χ4n) is 5.25. The first-order chi connectivity index (χ1) is 16.5. The number of alkyl halides is 4. The predicted molar refractivity (Wildman–Crippen MR) is 112 cm³/mol. The normalized spacial score (nSPS) is 24.1. The highest BCUT2D eigenvalue weighted by atomic mass is 19.4. The molecule has 35 heavy (non-hydrogen) atoms. The van der Waals surface area contributed by atoms with E-state index in [-0.39, 0.29) is 36.1 Å². The van der Waals surface area contributed by atoms with Crippen LogP contribution in [0.1, 0.15) is 24.1 Å². The highest BCUT2D eigenvalue weighted by Gasteiger charge is 2.69. The second-order valence-electron chi connectivity index (χ2n) is 9.17. The molecule has 7 nitrogen and oxygen atoms in total. The smallest absolute Gasteiger partial charge is 0.433 e. The maximum atomic E-state index is 14.5. The van der Waals surface area contributed by atoms with Gasteiger partial charge in [-0.15, -0.1) is 0 Å². The molecule has 0 amide bonds. The lowest BCUT2D eigenvalue weighted by molar-refractivity contribution is -0.141. The number of hydrogen-bond donors (Lipinski definition) is 0. The van der Waals surface area contributed by atoms with Gasteiger partial charge in [-0.1, -0.05) is 6.07 Å². The molecule has 7 rings (SSSR count). The first-order valence-electron chi connectivity index (χ1n) is 10.7. The van der Waals surface area contributed by atoms with Crippen LogP contribution in [0.2, 0.25) is 0 Å². The Balaban J connectivity index is 1.16. The van der Waals surface area contributed by atoms with E-state index >= 15 is 0 Å². The Morgan fingerprint density at radius 1 is 1.09 bits per heavy atom. The van der Waals surface area contributed by atoms with Gasteiger partial charge in [0.05, 0.1) is 18.6 Å². The molecule has 2 aromatic heterocycles. The summed E-state index contributed by atoms with van der Waals surface area (Å²) in [6, 6.07) is 7.28. The van der Waals surface area contributed by atoms with Crippen molar-refractivity contribution in [1.29, 1.82) is 0 Å². The van der Waals surface area contributed by atoms with E-state index in [1.807, 2.05) is 4.90 Å².